The Balaban J connectivity index is 2.58. The van der Waals surface area contributed by atoms with Gasteiger partial charge in [0.05, 0.1) is 23.4 Å². The van der Waals surface area contributed by atoms with Crippen LogP contribution in [-0.2, 0) is 10.0 Å². The van der Waals surface area contributed by atoms with Crippen LogP contribution in [0.25, 0.3) is 0 Å². The Bertz CT molecular complexity index is 851. The second-order valence-electron chi connectivity index (χ2n) is 4.59. The van der Waals surface area contributed by atoms with E-state index in [4.69, 9.17) is 21.4 Å². The summed E-state index contributed by atoms with van der Waals surface area (Å²) in [6, 6.07) is 10.1. The number of sulfonamides is 1. The average molecular weight is 356 g/mol. The third-order valence-electron chi connectivity index (χ3n) is 3.24. The smallest absolute Gasteiger partial charge is 0.335 e. The molecule has 0 radical (unpaired) electrons. The number of halogens is 1. The van der Waals surface area contributed by atoms with Crippen LogP contribution in [-0.4, -0.2) is 33.7 Å². The first kappa shape index (κ1) is 17.1. The van der Waals surface area contributed by atoms with Crippen LogP contribution in [0.1, 0.15) is 10.4 Å². The molecule has 122 valence electrons. The van der Waals surface area contributed by atoms with Crippen molar-refractivity contribution in [1.82, 2.24) is 0 Å². The molecule has 6 nitrogen and oxygen atoms in total. The van der Waals surface area contributed by atoms with Crippen LogP contribution >= 0.6 is 11.6 Å². The molecule has 2 aromatic rings. The highest BCUT2D eigenvalue weighted by Crippen LogP contribution is 2.33. The lowest BCUT2D eigenvalue weighted by Gasteiger charge is -2.22. The highest BCUT2D eigenvalue weighted by Gasteiger charge is 2.27. The second-order valence-corrected chi connectivity index (χ2v) is 6.94. The van der Waals surface area contributed by atoms with Crippen molar-refractivity contribution in [2.24, 2.45) is 0 Å². The van der Waals surface area contributed by atoms with Crippen LogP contribution in [0.2, 0.25) is 5.02 Å². The number of ether oxygens (including phenoxy) is 1. The van der Waals surface area contributed by atoms with Gasteiger partial charge in [0.15, 0.2) is 0 Å². The average Bonchev–Trinajstić information content (AvgIpc) is 2.54. The predicted molar refractivity (Wildman–Crippen MR) is 87.0 cm³/mol. The van der Waals surface area contributed by atoms with Crippen LogP contribution < -0.4 is 9.04 Å². The quantitative estimate of drug-likeness (QED) is 0.891. The van der Waals surface area contributed by atoms with Crippen LogP contribution in [0.4, 0.5) is 5.69 Å². The Morgan fingerprint density at radius 3 is 2.48 bits per heavy atom. The molecule has 8 heteroatoms. The van der Waals surface area contributed by atoms with Crippen molar-refractivity contribution < 1.29 is 23.1 Å². The molecule has 0 unspecified atom stereocenters. The molecule has 23 heavy (non-hydrogen) atoms. The van der Waals surface area contributed by atoms with Crippen molar-refractivity contribution in [2.75, 3.05) is 18.5 Å². The number of para-hydroxylation sites is 2. The maximum atomic E-state index is 12.8. The van der Waals surface area contributed by atoms with E-state index in [0.29, 0.717) is 11.4 Å². The Morgan fingerprint density at radius 2 is 1.87 bits per heavy atom. The summed E-state index contributed by atoms with van der Waals surface area (Å²) >= 11 is 5.96. The molecule has 0 aliphatic heterocycles. The summed E-state index contributed by atoms with van der Waals surface area (Å²) in [6.45, 7) is 0. The zero-order valence-electron chi connectivity index (χ0n) is 12.4. The van der Waals surface area contributed by atoms with E-state index >= 15 is 0 Å². The summed E-state index contributed by atoms with van der Waals surface area (Å²) < 4.78 is 31.7. The first-order valence-electron chi connectivity index (χ1n) is 6.44. The minimum absolute atomic E-state index is 0.0586. The molecule has 0 atom stereocenters. The summed E-state index contributed by atoms with van der Waals surface area (Å²) in [5, 5.41) is 8.97. The molecule has 0 aliphatic carbocycles. The van der Waals surface area contributed by atoms with Gasteiger partial charge in [-0.15, -0.1) is 0 Å². The van der Waals surface area contributed by atoms with E-state index in [1.165, 1.54) is 26.3 Å². The van der Waals surface area contributed by atoms with Crippen molar-refractivity contribution in [1.29, 1.82) is 0 Å². The van der Waals surface area contributed by atoms with Gasteiger partial charge in [0.1, 0.15) is 10.6 Å². The minimum Gasteiger partial charge on any atom is -0.495 e. The van der Waals surface area contributed by atoms with Gasteiger partial charge in [-0.25, -0.2) is 13.2 Å². The topological polar surface area (TPSA) is 83.9 Å². The van der Waals surface area contributed by atoms with Gasteiger partial charge in [-0.3, -0.25) is 4.31 Å². The number of aromatic carboxylic acids is 1. The lowest BCUT2D eigenvalue weighted by molar-refractivity contribution is 0.0696. The molecular weight excluding hydrogens is 342 g/mol. The van der Waals surface area contributed by atoms with Crippen LogP contribution in [0.3, 0.4) is 0 Å². The highest BCUT2D eigenvalue weighted by molar-refractivity contribution is 7.93. The Kier molecular flexibility index (Phi) is 4.82. The van der Waals surface area contributed by atoms with Crippen molar-refractivity contribution in [2.45, 2.75) is 4.90 Å². The van der Waals surface area contributed by atoms with Crippen molar-refractivity contribution in [3.63, 3.8) is 0 Å². The molecular formula is C15H14ClNO5S. The number of hydrogen-bond acceptors (Lipinski definition) is 4. The van der Waals surface area contributed by atoms with E-state index in [1.54, 1.807) is 24.3 Å². The molecule has 0 heterocycles. The summed E-state index contributed by atoms with van der Waals surface area (Å²) in [6.07, 6.45) is 0. The number of anilines is 1. The Labute approximate surface area is 138 Å². The number of carboxylic acid groups (broad SMARTS) is 1. The third kappa shape index (κ3) is 3.25. The zero-order chi connectivity index (χ0) is 17.2. The van der Waals surface area contributed by atoms with E-state index in [0.717, 1.165) is 10.4 Å². The lowest BCUT2D eigenvalue weighted by Crippen LogP contribution is -2.27. The van der Waals surface area contributed by atoms with Crippen molar-refractivity contribution in [3.05, 3.63) is 53.1 Å². The van der Waals surface area contributed by atoms with E-state index in [2.05, 4.69) is 0 Å². The maximum Gasteiger partial charge on any atom is 0.335 e. The summed E-state index contributed by atoms with van der Waals surface area (Å²) in [4.78, 5) is 10.8. The van der Waals surface area contributed by atoms with Gasteiger partial charge < -0.3 is 9.84 Å². The first-order chi connectivity index (χ1) is 10.8. The monoisotopic (exact) mass is 355 g/mol. The largest absolute Gasteiger partial charge is 0.495 e. The van der Waals surface area contributed by atoms with Gasteiger partial charge >= 0.3 is 5.97 Å². The number of nitrogens with zero attached hydrogens (tertiary/aromatic N) is 1. The van der Waals surface area contributed by atoms with Gasteiger partial charge in [-0.1, -0.05) is 23.7 Å². The molecule has 2 rings (SSSR count). The van der Waals surface area contributed by atoms with Crippen molar-refractivity contribution >= 4 is 33.3 Å². The second kappa shape index (κ2) is 6.47. The lowest BCUT2D eigenvalue weighted by atomic mass is 10.2. The maximum absolute atomic E-state index is 12.8. The van der Waals surface area contributed by atoms with Crippen LogP contribution in [0, 0.1) is 0 Å². The summed E-state index contributed by atoms with van der Waals surface area (Å²) in [7, 11) is -1.28. The van der Waals surface area contributed by atoms with E-state index in [1.807, 2.05) is 0 Å². The molecule has 0 amide bonds. The molecule has 0 aromatic heterocycles. The molecule has 2 aromatic carbocycles. The van der Waals surface area contributed by atoms with E-state index in [-0.39, 0.29) is 15.5 Å². The minimum atomic E-state index is -4.05. The normalized spacial score (nSPS) is 11.1. The predicted octanol–water partition coefficient (Wildman–Crippen LogP) is 2.87. The van der Waals surface area contributed by atoms with Crippen LogP contribution in [0.5, 0.6) is 5.75 Å². The molecule has 0 saturated carbocycles. The molecule has 0 saturated heterocycles. The van der Waals surface area contributed by atoms with Gasteiger partial charge in [0, 0.05) is 7.05 Å². The molecule has 0 bridgehead atoms. The zero-order valence-corrected chi connectivity index (χ0v) is 13.9. The van der Waals surface area contributed by atoms with E-state index < -0.39 is 16.0 Å². The van der Waals surface area contributed by atoms with Gasteiger partial charge in [0.2, 0.25) is 0 Å². The summed E-state index contributed by atoms with van der Waals surface area (Å²) in [5.41, 5.74) is 0.146. The summed E-state index contributed by atoms with van der Waals surface area (Å²) in [5.74, 6) is -0.873. The SMILES string of the molecule is COc1ccccc1N(C)S(=O)(=O)c1cc(C(=O)O)ccc1Cl. The number of methoxy groups -OCH3 is 1. The Hall–Kier alpha value is -2.25. The molecule has 0 aliphatic rings. The number of rotatable bonds is 5. The standard InChI is InChI=1S/C15H14ClNO5S/c1-17(12-5-3-4-6-13(12)22-2)23(20,21)14-9-10(15(18)19)7-8-11(14)16/h3-9H,1-2H3,(H,18,19). The highest BCUT2D eigenvalue weighted by atomic mass is 35.5. The van der Waals surface area contributed by atoms with E-state index in [9.17, 15) is 13.2 Å². The van der Waals surface area contributed by atoms with Crippen LogP contribution in [0.15, 0.2) is 47.4 Å². The third-order valence-corrected chi connectivity index (χ3v) is 5.49. The van der Waals surface area contributed by atoms with Gasteiger partial charge in [-0.05, 0) is 30.3 Å². The number of hydrogen-bond donors (Lipinski definition) is 1. The fourth-order valence-corrected chi connectivity index (χ4v) is 3.71. The Morgan fingerprint density at radius 1 is 1.22 bits per heavy atom. The van der Waals surface area contributed by atoms with Gasteiger partial charge in [-0.2, -0.15) is 0 Å². The number of carboxylic acids is 1. The number of carbonyl (C=O) groups is 1. The molecule has 1 N–H and O–H groups in total. The molecule has 0 spiro atoms. The molecule has 0 fully saturated rings. The van der Waals surface area contributed by atoms with Crippen molar-refractivity contribution in [3.8, 4) is 5.75 Å². The fraction of sp³-hybridized carbons (Fsp3) is 0.133. The first-order valence-corrected chi connectivity index (χ1v) is 8.25. The van der Waals surface area contributed by atoms with Gasteiger partial charge in [0.25, 0.3) is 10.0 Å². The fourth-order valence-electron chi connectivity index (χ4n) is 2.00. The number of benzene rings is 2.